The molecule has 8 heteroatoms. The summed E-state index contributed by atoms with van der Waals surface area (Å²) in [5.41, 5.74) is 8.80. The summed E-state index contributed by atoms with van der Waals surface area (Å²) in [5, 5.41) is -0.0706. The lowest BCUT2D eigenvalue weighted by Crippen LogP contribution is -2.13. The van der Waals surface area contributed by atoms with E-state index in [0.29, 0.717) is 27.9 Å². The molecule has 0 aliphatic heterocycles. The molecule has 0 spiro atoms. The van der Waals surface area contributed by atoms with Gasteiger partial charge in [0.05, 0.1) is 27.8 Å². The zero-order chi connectivity index (χ0) is 20.0. The first-order valence-electron chi connectivity index (χ1n) is 8.60. The van der Waals surface area contributed by atoms with Gasteiger partial charge in [-0.1, -0.05) is 23.7 Å². The number of fused-ring (bicyclic) bond motifs is 2. The van der Waals surface area contributed by atoms with E-state index in [0.717, 1.165) is 0 Å². The predicted molar refractivity (Wildman–Crippen MR) is 106 cm³/mol. The minimum Gasteiger partial charge on any atom is -0.459 e. The summed E-state index contributed by atoms with van der Waals surface area (Å²) in [6, 6.07) is 11.4. The fourth-order valence-electron chi connectivity index (χ4n) is 3.02. The molecule has 4 aromatic rings. The van der Waals surface area contributed by atoms with Crippen molar-refractivity contribution in [2.45, 2.75) is 20.0 Å². The molecular formula is C20H16ClFN4O2. The molecule has 2 N–H and O–H groups in total. The largest absolute Gasteiger partial charge is 0.459 e. The lowest BCUT2D eigenvalue weighted by atomic mass is 10.2. The molecule has 0 saturated carbocycles. The second kappa shape index (κ2) is 6.76. The van der Waals surface area contributed by atoms with Crippen LogP contribution in [0.1, 0.15) is 24.2 Å². The van der Waals surface area contributed by atoms with Crippen molar-refractivity contribution in [1.29, 1.82) is 0 Å². The van der Waals surface area contributed by atoms with Crippen molar-refractivity contribution in [2.75, 3.05) is 5.73 Å². The Morgan fingerprint density at radius 3 is 2.50 bits per heavy atom. The Labute approximate surface area is 164 Å². The summed E-state index contributed by atoms with van der Waals surface area (Å²) in [6.45, 7) is 3.49. The van der Waals surface area contributed by atoms with E-state index in [1.54, 1.807) is 26.0 Å². The molecule has 0 aliphatic carbocycles. The normalized spacial score (nSPS) is 11.5. The Morgan fingerprint density at radius 1 is 1.18 bits per heavy atom. The van der Waals surface area contributed by atoms with Crippen molar-refractivity contribution in [2.24, 2.45) is 0 Å². The first-order valence-corrected chi connectivity index (χ1v) is 8.97. The maximum absolute atomic E-state index is 13.6. The van der Waals surface area contributed by atoms with E-state index in [1.807, 2.05) is 12.1 Å². The zero-order valence-corrected chi connectivity index (χ0v) is 15.9. The Balaban J connectivity index is 2.08. The number of carbonyl (C=O) groups excluding carboxylic acids is 1. The molecule has 0 radical (unpaired) electrons. The minimum atomic E-state index is -0.603. The third-order valence-electron chi connectivity index (χ3n) is 4.21. The summed E-state index contributed by atoms with van der Waals surface area (Å²) in [4.78, 5) is 21.9. The van der Waals surface area contributed by atoms with Gasteiger partial charge in [-0.2, -0.15) is 0 Å². The highest BCUT2D eigenvalue weighted by atomic mass is 35.5. The molecule has 28 heavy (non-hydrogen) atoms. The third kappa shape index (κ3) is 2.93. The maximum Gasteiger partial charge on any atom is 0.344 e. The first kappa shape index (κ1) is 18.2. The number of nitrogens with zero attached hydrogens (tertiary/aromatic N) is 3. The standard InChI is InChI=1S/C20H16ClFN4O2/c1-10(2)28-20(27)16-17-19(25-15-6-4-3-5-14(15)24-17)26(18(16)23)11-7-8-13(22)12(21)9-11/h3-10H,23H2,1-2H3. The number of nitrogens with two attached hydrogens (primary N) is 1. The van der Waals surface area contributed by atoms with E-state index >= 15 is 0 Å². The topological polar surface area (TPSA) is 83.0 Å². The summed E-state index contributed by atoms with van der Waals surface area (Å²) >= 11 is 5.94. The monoisotopic (exact) mass is 398 g/mol. The van der Waals surface area contributed by atoms with Gasteiger partial charge in [0.2, 0.25) is 0 Å². The number of hydrogen-bond acceptors (Lipinski definition) is 5. The number of anilines is 1. The highest BCUT2D eigenvalue weighted by molar-refractivity contribution is 6.31. The quantitative estimate of drug-likeness (QED) is 0.513. The van der Waals surface area contributed by atoms with Gasteiger partial charge < -0.3 is 10.5 Å². The number of carbonyl (C=O) groups is 1. The molecule has 4 rings (SSSR count). The van der Waals surface area contributed by atoms with Crippen molar-refractivity contribution < 1.29 is 13.9 Å². The van der Waals surface area contributed by atoms with Crippen molar-refractivity contribution >= 4 is 45.6 Å². The van der Waals surface area contributed by atoms with Gasteiger partial charge in [-0.25, -0.2) is 19.2 Å². The Kier molecular flexibility index (Phi) is 4.39. The highest BCUT2D eigenvalue weighted by Crippen LogP contribution is 2.32. The van der Waals surface area contributed by atoms with Crippen LogP contribution >= 0.6 is 11.6 Å². The van der Waals surface area contributed by atoms with E-state index in [4.69, 9.17) is 22.1 Å². The summed E-state index contributed by atoms with van der Waals surface area (Å²) < 4.78 is 20.5. The summed E-state index contributed by atoms with van der Waals surface area (Å²) in [7, 11) is 0. The van der Waals surface area contributed by atoms with Crippen LogP contribution in [-0.2, 0) is 4.74 Å². The van der Waals surface area contributed by atoms with Crippen molar-refractivity contribution in [3.63, 3.8) is 0 Å². The third-order valence-corrected chi connectivity index (χ3v) is 4.50. The van der Waals surface area contributed by atoms with Crippen molar-refractivity contribution in [3.8, 4) is 5.69 Å². The van der Waals surface area contributed by atoms with Crippen LogP contribution in [0.3, 0.4) is 0 Å². The molecule has 0 bridgehead atoms. The molecule has 0 saturated heterocycles. The fourth-order valence-corrected chi connectivity index (χ4v) is 3.20. The van der Waals surface area contributed by atoms with E-state index < -0.39 is 11.8 Å². The smallest absolute Gasteiger partial charge is 0.344 e. The molecule has 0 unspecified atom stereocenters. The van der Waals surface area contributed by atoms with Gasteiger partial charge in [-0.3, -0.25) is 4.57 Å². The van der Waals surface area contributed by atoms with Crippen LogP contribution in [0.15, 0.2) is 42.5 Å². The second-order valence-electron chi connectivity index (χ2n) is 6.53. The molecule has 0 atom stereocenters. The number of nitrogen functional groups attached to an aromatic ring is 1. The SMILES string of the molecule is CC(C)OC(=O)c1c(N)n(-c2ccc(F)c(Cl)c2)c2nc3ccccc3nc12. The van der Waals surface area contributed by atoms with Crippen LogP contribution in [0.5, 0.6) is 0 Å². The molecule has 2 heterocycles. The van der Waals surface area contributed by atoms with Gasteiger partial charge in [-0.05, 0) is 44.2 Å². The zero-order valence-electron chi connectivity index (χ0n) is 15.1. The molecular weight excluding hydrogens is 383 g/mol. The van der Waals surface area contributed by atoms with Gasteiger partial charge in [-0.15, -0.1) is 0 Å². The van der Waals surface area contributed by atoms with Gasteiger partial charge in [0.25, 0.3) is 0 Å². The number of benzene rings is 2. The molecule has 2 aromatic heterocycles. The summed E-state index contributed by atoms with van der Waals surface area (Å²) in [5.74, 6) is -1.07. The maximum atomic E-state index is 13.6. The molecule has 2 aromatic carbocycles. The van der Waals surface area contributed by atoms with Crippen molar-refractivity contribution in [1.82, 2.24) is 14.5 Å². The van der Waals surface area contributed by atoms with Gasteiger partial charge in [0.1, 0.15) is 22.7 Å². The Bertz CT molecular complexity index is 1240. The van der Waals surface area contributed by atoms with Crippen LogP contribution in [-0.4, -0.2) is 26.6 Å². The summed E-state index contributed by atoms with van der Waals surface area (Å²) in [6.07, 6.45) is -0.334. The number of rotatable bonds is 3. The van der Waals surface area contributed by atoms with Gasteiger partial charge in [0.15, 0.2) is 5.65 Å². The molecule has 142 valence electrons. The van der Waals surface area contributed by atoms with E-state index in [9.17, 15) is 9.18 Å². The van der Waals surface area contributed by atoms with Crippen LogP contribution in [0.2, 0.25) is 5.02 Å². The van der Waals surface area contributed by atoms with Crippen LogP contribution in [0, 0.1) is 5.82 Å². The fraction of sp³-hybridized carbons (Fsp3) is 0.150. The first-order chi connectivity index (χ1) is 13.4. The molecule has 0 fully saturated rings. The number of esters is 1. The lowest BCUT2D eigenvalue weighted by Gasteiger charge is -2.09. The van der Waals surface area contributed by atoms with Gasteiger partial charge >= 0.3 is 5.97 Å². The van der Waals surface area contributed by atoms with Crippen LogP contribution in [0.4, 0.5) is 10.2 Å². The number of halogens is 2. The molecule has 0 aliphatic rings. The second-order valence-corrected chi connectivity index (χ2v) is 6.94. The predicted octanol–water partition coefficient (Wildman–Crippen LogP) is 4.51. The van der Waals surface area contributed by atoms with E-state index in [1.165, 1.54) is 22.8 Å². The number of aromatic nitrogens is 3. The lowest BCUT2D eigenvalue weighted by molar-refractivity contribution is 0.0381. The Morgan fingerprint density at radius 2 is 1.86 bits per heavy atom. The highest BCUT2D eigenvalue weighted by Gasteiger charge is 2.26. The van der Waals surface area contributed by atoms with E-state index in [2.05, 4.69) is 9.97 Å². The minimum absolute atomic E-state index is 0.0706. The van der Waals surface area contributed by atoms with Crippen LogP contribution in [0.25, 0.3) is 27.9 Å². The Hall–Kier alpha value is -3.19. The van der Waals surface area contributed by atoms with E-state index in [-0.39, 0.29) is 22.5 Å². The van der Waals surface area contributed by atoms with Crippen molar-refractivity contribution in [3.05, 3.63) is 58.9 Å². The number of para-hydroxylation sites is 2. The average Bonchev–Trinajstić information content (AvgIpc) is 2.92. The van der Waals surface area contributed by atoms with Crippen LogP contribution < -0.4 is 5.73 Å². The number of ether oxygens (including phenoxy) is 1. The molecule has 0 amide bonds. The molecule has 6 nitrogen and oxygen atoms in total. The van der Waals surface area contributed by atoms with Gasteiger partial charge in [0, 0.05) is 0 Å². The average molecular weight is 399 g/mol. The number of hydrogen-bond donors (Lipinski definition) is 1.